The molecule has 0 aliphatic heterocycles. The molecule has 5 nitrogen and oxygen atoms in total. The summed E-state index contributed by atoms with van der Waals surface area (Å²) >= 11 is 5.71. The zero-order valence-corrected chi connectivity index (χ0v) is 10.1. The number of aromatic nitrogens is 2. The van der Waals surface area contributed by atoms with Gasteiger partial charge in [0.05, 0.1) is 5.75 Å². The maximum atomic E-state index is 10.9. The van der Waals surface area contributed by atoms with Crippen molar-refractivity contribution in [1.82, 2.24) is 9.97 Å². The van der Waals surface area contributed by atoms with Gasteiger partial charge in [0, 0.05) is 18.9 Å². The number of aryl methyl sites for hydroxylation is 1. The molecule has 0 aliphatic rings. The average Bonchev–Trinajstić information content (AvgIpc) is 1.99. The zero-order chi connectivity index (χ0) is 11.5. The van der Waals surface area contributed by atoms with Crippen molar-refractivity contribution in [2.45, 2.75) is 6.92 Å². The molecule has 0 radical (unpaired) electrons. The number of sulfone groups is 1. The fraction of sp³-hybridized carbons (Fsp3) is 0.500. The molecule has 1 aromatic heterocycles. The monoisotopic (exact) mass is 249 g/mol. The van der Waals surface area contributed by atoms with Crippen molar-refractivity contribution in [2.75, 3.05) is 23.9 Å². The standard InChI is InChI=1S/C8H12ClN3O2S/c1-6-11-7(9)5-8(12-6)10-3-4-15(2,13)14/h5H,3-4H2,1-2H3,(H,10,11,12). The van der Waals surface area contributed by atoms with E-state index >= 15 is 0 Å². The van der Waals surface area contributed by atoms with Crippen molar-refractivity contribution in [1.29, 1.82) is 0 Å². The van der Waals surface area contributed by atoms with Crippen molar-refractivity contribution >= 4 is 27.3 Å². The fourth-order valence-electron chi connectivity index (χ4n) is 0.986. The molecule has 7 heteroatoms. The summed E-state index contributed by atoms with van der Waals surface area (Å²) in [6.45, 7) is 2.03. The Bertz CT molecular complexity index is 427. The van der Waals surface area contributed by atoms with Gasteiger partial charge in [-0.15, -0.1) is 0 Å². The number of anilines is 1. The van der Waals surface area contributed by atoms with Crippen LogP contribution in [-0.2, 0) is 9.84 Å². The Balaban J connectivity index is 2.58. The molecule has 0 bridgehead atoms. The first kappa shape index (κ1) is 12.2. The van der Waals surface area contributed by atoms with Gasteiger partial charge in [-0.1, -0.05) is 11.6 Å². The third-order valence-corrected chi connectivity index (χ3v) is 2.72. The van der Waals surface area contributed by atoms with Gasteiger partial charge in [0.1, 0.15) is 26.6 Å². The van der Waals surface area contributed by atoms with Crippen molar-refractivity contribution in [3.8, 4) is 0 Å². The molecule has 1 aromatic rings. The average molecular weight is 250 g/mol. The third-order valence-electron chi connectivity index (χ3n) is 1.59. The van der Waals surface area contributed by atoms with Crippen LogP contribution in [0.3, 0.4) is 0 Å². The smallest absolute Gasteiger partial charge is 0.149 e. The van der Waals surface area contributed by atoms with Crippen LogP contribution < -0.4 is 5.32 Å². The summed E-state index contributed by atoms with van der Waals surface area (Å²) in [5.41, 5.74) is 0. The normalized spacial score (nSPS) is 11.4. The quantitative estimate of drug-likeness (QED) is 0.803. The maximum Gasteiger partial charge on any atom is 0.149 e. The van der Waals surface area contributed by atoms with E-state index in [0.29, 0.717) is 23.3 Å². The molecule has 1 rings (SSSR count). The SMILES string of the molecule is Cc1nc(Cl)cc(NCCS(C)(=O)=O)n1. The lowest BCUT2D eigenvalue weighted by atomic mass is 10.5. The summed E-state index contributed by atoms with van der Waals surface area (Å²) in [4.78, 5) is 7.94. The van der Waals surface area contributed by atoms with Gasteiger partial charge in [-0.3, -0.25) is 0 Å². The molecule has 0 spiro atoms. The molecule has 0 saturated carbocycles. The Morgan fingerprint density at radius 2 is 2.13 bits per heavy atom. The van der Waals surface area contributed by atoms with Crippen LogP contribution in [0.1, 0.15) is 5.82 Å². The van der Waals surface area contributed by atoms with E-state index < -0.39 is 9.84 Å². The molecule has 0 aliphatic carbocycles. The second kappa shape index (κ2) is 4.76. The first-order valence-electron chi connectivity index (χ1n) is 4.29. The van der Waals surface area contributed by atoms with Crippen molar-refractivity contribution in [3.05, 3.63) is 17.0 Å². The Morgan fingerprint density at radius 3 is 2.67 bits per heavy atom. The first-order valence-corrected chi connectivity index (χ1v) is 6.73. The number of hydrogen-bond acceptors (Lipinski definition) is 5. The highest BCUT2D eigenvalue weighted by molar-refractivity contribution is 7.90. The molecule has 0 unspecified atom stereocenters. The number of rotatable bonds is 4. The van der Waals surface area contributed by atoms with E-state index in [4.69, 9.17) is 11.6 Å². The summed E-state index contributed by atoms with van der Waals surface area (Å²) in [5, 5.41) is 3.21. The molecule has 15 heavy (non-hydrogen) atoms. The second-order valence-corrected chi connectivity index (χ2v) is 5.83. The van der Waals surface area contributed by atoms with Gasteiger partial charge in [0.25, 0.3) is 0 Å². The van der Waals surface area contributed by atoms with Crippen molar-refractivity contribution in [2.24, 2.45) is 0 Å². The van der Waals surface area contributed by atoms with Gasteiger partial charge in [0.2, 0.25) is 0 Å². The van der Waals surface area contributed by atoms with Crippen LogP contribution in [0.4, 0.5) is 5.82 Å². The van der Waals surface area contributed by atoms with Crippen LogP contribution in [-0.4, -0.2) is 36.9 Å². The van der Waals surface area contributed by atoms with Gasteiger partial charge < -0.3 is 5.32 Å². The maximum absolute atomic E-state index is 10.9. The molecular weight excluding hydrogens is 238 g/mol. The molecule has 0 atom stereocenters. The predicted octanol–water partition coefficient (Wildman–Crippen LogP) is 0.895. The summed E-state index contributed by atoms with van der Waals surface area (Å²) in [6, 6.07) is 1.55. The molecule has 84 valence electrons. The van der Waals surface area contributed by atoms with Crippen LogP contribution in [0.15, 0.2) is 6.07 Å². The molecule has 0 aromatic carbocycles. The minimum absolute atomic E-state index is 0.0632. The lowest BCUT2D eigenvalue weighted by molar-refractivity contribution is 0.602. The van der Waals surface area contributed by atoms with Crippen LogP contribution >= 0.6 is 11.6 Å². The summed E-state index contributed by atoms with van der Waals surface area (Å²) in [5.74, 6) is 1.15. The largest absolute Gasteiger partial charge is 0.369 e. The number of nitrogens with zero attached hydrogens (tertiary/aromatic N) is 2. The second-order valence-electron chi connectivity index (χ2n) is 3.18. The molecular formula is C8H12ClN3O2S. The van der Waals surface area contributed by atoms with Crippen LogP contribution in [0, 0.1) is 6.92 Å². The van der Waals surface area contributed by atoms with E-state index in [0.717, 1.165) is 0 Å². The summed E-state index contributed by atoms with van der Waals surface area (Å²) in [6.07, 6.45) is 1.19. The minimum atomic E-state index is -2.95. The summed E-state index contributed by atoms with van der Waals surface area (Å²) < 4.78 is 21.7. The molecule has 0 saturated heterocycles. The third kappa shape index (κ3) is 4.94. The highest BCUT2D eigenvalue weighted by Crippen LogP contribution is 2.10. The molecule has 0 amide bonds. The number of halogens is 1. The highest BCUT2D eigenvalue weighted by Gasteiger charge is 2.03. The Labute approximate surface area is 93.8 Å². The summed E-state index contributed by atoms with van der Waals surface area (Å²) in [7, 11) is -2.95. The van der Waals surface area contributed by atoms with Crippen LogP contribution in [0.2, 0.25) is 5.15 Å². The molecule has 1 N–H and O–H groups in total. The van der Waals surface area contributed by atoms with E-state index in [-0.39, 0.29) is 5.75 Å². The number of hydrogen-bond donors (Lipinski definition) is 1. The first-order chi connectivity index (χ1) is 6.87. The number of nitrogens with one attached hydrogen (secondary N) is 1. The topological polar surface area (TPSA) is 72.0 Å². The molecule has 0 fully saturated rings. The van der Waals surface area contributed by atoms with Crippen molar-refractivity contribution in [3.63, 3.8) is 0 Å². The van der Waals surface area contributed by atoms with Gasteiger partial charge in [-0.05, 0) is 6.92 Å². The van der Waals surface area contributed by atoms with E-state index in [1.165, 1.54) is 6.26 Å². The van der Waals surface area contributed by atoms with E-state index in [9.17, 15) is 8.42 Å². The van der Waals surface area contributed by atoms with Gasteiger partial charge in [0.15, 0.2) is 0 Å². The van der Waals surface area contributed by atoms with E-state index in [1.807, 2.05) is 0 Å². The van der Waals surface area contributed by atoms with E-state index in [2.05, 4.69) is 15.3 Å². The Morgan fingerprint density at radius 1 is 1.47 bits per heavy atom. The van der Waals surface area contributed by atoms with Gasteiger partial charge in [-0.25, -0.2) is 18.4 Å². The van der Waals surface area contributed by atoms with Crippen molar-refractivity contribution < 1.29 is 8.42 Å². The fourth-order valence-corrected chi connectivity index (χ4v) is 1.68. The Kier molecular flexibility index (Phi) is 3.87. The van der Waals surface area contributed by atoms with Crippen LogP contribution in [0.25, 0.3) is 0 Å². The van der Waals surface area contributed by atoms with Gasteiger partial charge >= 0.3 is 0 Å². The molecule has 1 heterocycles. The highest BCUT2D eigenvalue weighted by atomic mass is 35.5. The minimum Gasteiger partial charge on any atom is -0.369 e. The lowest BCUT2D eigenvalue weighted by Crippen LogP contribution is -2.15. The Hall–Kier alpha value is -0.880. The van der Waals surface area contributed by atoms with E-state index in [1.54, 1.807) is 13.0 Å². The zero-order valence-electron chi connectivity index (χ0n) is 8.49. The van der Waals surface area contributed by atoms with Gasteiger partial charge in [-0.2, -0.15) is 0 Å². The van der Waals surface area contributed by atoms with Crippen LogP contribution in [0.5, 0.6) is 0 Å². The lowest BCUT2D eigenvalue weighted by Gasteiger charge is -2.05. The predicted molar refractivity (Wildman–Crippen MR) is 60.0 cm³/mol.